The number of hydrogen-bond acceptors (Lipinski definition) is 5. The van der Waals surface area contributed by atoms with E-state index < -0.39 is 0 Å². The van der Waals surface area contributed by atoms with Gasteiger partial charge in [-0.25, -0.2) is 0 Å². The van der Waals surface area contributed by atoms with Crippen LogP contribution in [0.3, 0.4) is 0 Å². The van der Waals surface area contributed by atoms with Crippen molar-refractivity contribution >= 4 is 5.91 Å². The summed E-state index contributed by atoms with van der Waals surface area (Å²) < 4.78 is 11.3. The zero-order valence-corrected chi connectivity index (χ0v) is 14.0. The van der Waals surface area contributed by atoms with Gasteiger partial charge in [0.15, 0.2) is 5.82 Å². The molecule has 0 fully saturated rings. The topological polar surface area (TPSA) is 77.2 Å². The van der Waals surface area contributed by atoms with Crippen molar-refractivity contribution in [1.82, 2.24) is 15.5 Å². The van der Waals surface area contributed by atoms with Gasteiger partial charge in [0.25, 0.3) is 5.91 Å². The maximum atomic E-state index is 12.0. The Morgan fingerprint density at radius 3 is 2.81 bits per heavy atom. The van der Waals surface area contributed by atoms with Crippen LogP contribution in [0.15, 0.2) is 53.1 Å². The molecule has 1 aromatic heterocycles. The Kier molecular flexibility index (Phi) is 3.48. The lowest BCUT2D eigenvalue weighted by molar-refractivity contribution is 0.0940. The van der Waals surface area contributed by atoms with Crippen molar-refractivity contribution in [2.24, 2.45) is 0 Å². The lowest BCUT2D eigenvalue weighted by atomic mass is 9.90. The van der Waals surface area contributed by atoms with Gasteiger partial charge in [-0.05, 0) is 17.7 Å². The molecule has 6 heteroatoms. The Morgan fingerprint density at radius 1 is 1.08 bits per heavy atom. The second-order valence-electron chi connectivity index (χ2n) is 6.65. The van der Waals surface area contributed by atoms with E-state index in [1.165, 1.54) is 5.56 Å². The number of carbonyl (C=O) groups is 1. The first kappa shape index (κ1) is 15.1. The number of ether oxygens (including phenoxy) is 1. The fourth-order valence-corrected chi connectivity index (χ4v) is 3.74. The summed E-state index contributed by atoms with van der Waals surface area (Å²) in [4.78, 5) is 16.6. The van der Waals surface area contributed by atoms with Crippen LogP contribution in [0.4, 0.5) is 0 Å². The summed E-state index contributed by atoms with van der Waals surface area (Å²) >= 11 is 0. The highest BCUT2D eigenvalue weighted by Gasteiger charge is 2.31. The van der Waals surface area contributed by atoms with Crippen LogP contribution in [0.25, 0.3) is 0 Å². The highest BCUT2D eigenvalue weighted by atomic mass is 16.5. The number of fused-ring (bicyclic) bond motifs is 2. The molecule has 0 saturated carbocycles. The van der Waals surface area contributed by atoms with E-state index in [1.807, 2.05) is 42.5 Å². The number of para-hydroxylation sites is 1. The number of nitrogens with zero attached hydrogens (tertiary/aromatic N) is 2. The minimum atomic E-state index is -0.114. The van der Waals surface area contributed by atoms with Gasteiger partial charge in [0.1, 0.15) is 5.75 Å². The first-order chi connectivity index (χ1) is 12.8. The minimum absolute atomic E-state index is 0.0590. The predicted molar refractivity (Wildman–Crippen MR) is 93.3 cm³/mol. The summed E-state index contributed by atoms with van der Waals surface area (Å²) in [5.74, 6) is 2.20. The Bertz CT molecular complexity index is 982. The molecule has 0 saturated heterocycles. The molecule has 6 nitrogen and oxygen atoms in total. The molecule has 0 bridgehead atoms. The van der Waals surface area contributed by atoms with Gasteiger partial charge in [-0.2, -0.15) is 4.98 Å². The number of aromatic nitrogens is 2. The number of nitrogens with one attached hydrogen (secondary N) is 1. The van der Waals surface area contributed by atoms with Crippen LogP contribution >= 0.6 is 0 Å². The number of amides is 1. The molecule has 2 unspecified atom stereocenters. The number of rotatable bonds is 3. The third kappa shape index (κ3) is 2.45. The van der Waals surface area contributed by atoms with Crippen LogP contribution < -0.4 is 10.1 Å². The van der Waals surface area contributed by atoms with Crippen LogP contribution in [0.5, 0.6) is 5.75 Å². The molecule has 0 spiro atoms. The van der Waals surface area contributed by atoms with Crippen molar-refractivity contribution in [3.8, 4) is 5.75 Å². The second kappa shape index (κ2) is 5.98. The van der Waals surface area contributed by atoms with Gasteiger partial charge >= 0.3 is 0 Å². The average Bonchev–Trinajstić information content (AvgIpc) is 3.30. The third-order valence-electron chi connectivity index (χ3n) is 5.06. The standard InChI is InChI=1S/C20H17N3O3/c24-19-15-7-2-1-6-14(15)16(10-21-19)20-22-18(23-26-20)9-12-11-25-17-8-4-3-5-13(12)17/h1-8,12,16H,9-11H2,(H,21,24). The van der Waals surface area contributed by atoms with Crippen LogP contribution in [-0.4, -0.2) is 29.2 Å². The third-order valence-corrected chi connectivity index (χ3v) is 5.06. The lowest BCUT2D eigenvalue weighted by Gasteiger charge is -2.22. The molecule has 0 radical (unpaired) electrons. The largest absolute Gasteiger partial charge is 0.493 e. The van der Waals surface area contributed by atoms with Crippen LogP contribution in [0.2, 0.25) is 0 Å². The molecular formula is C20H17N3O3. The normalized spacial score (nSPS) is 20.8. The smallest absolute Gasteiger partial charge is 0.251 e. The van der Waals surface area contributed by atoms with Crippen molar-refractivity contribution in [3.63, 3.8) is 0 Å². The van der Waals surface area contributed by atoms with E-state index in [1.54, 1.807) is 0 Å². The second-order valence-corrected chi connectivity index (χ2v) is 6.65. The molecule has 2 aromatic carbocycles. The van der Waals surface area contributed by atoms with Crippen LogP contribution in [0, 0.1) is 0 Å². The van der Waals surface area contributed by atoms with Gasteiger partial charge in [0.2, 0.25) is 5.89 Å². The Hall–Kier alpha value is -3.15. The molecule has 3 heterocycles. The maximum Gasteiger partial charge on any atom is 0.251 e. The summed E-state index contributed by atoms with van der Waals surface area (Å²) in [5.41, 5.74) is 2.79. The quantitative estimate of drug-likeness (QED) is 0.788. The average molecular weight is 347 g/mol. The molecule has 130 valence electrons. The monoisotopic (exact) mass is 347 g/mol. The fraction of sp³-hybridized carbons (Fsp3) is 0.250. The summed E-state index contributed by atoms with van der Waals surface area (Å²) in [7, 11) is 0. The molecule has 1 N–H and O–H groups in total. The van der Waals surface area contributed by atoms with Gasteiger partial charge in [0.05, 0.1) is 12.5 Å². The van der Waals surface area contributed by atoms with Crippen molar-refractivity contribution in [2.45, 2.75) is 18.3 Å². The Morgan fingerprint density at radius 2 is 1.88 bits per heavy atom. The van der Waals surface area contributed by atoms with Gasteiger partial charge in [-0.3, -0.25) is 4.79 Å². The Labute approximate surface area is 150 Å². The van der Waals surface area contributed by atoms with Gasteiger partial charge < -0.3 is 14.6 Å². The minimum Gasteiger partial charge on any atom is -0.493 e. The maximum absolute atomic E-state index is 12.0. The molecule has 26 heavy (non-hydrogen) atoms. The van der Waals surface area contributed by atoms with E-state index in [0.29, 0.717) is 36.9 Å². The summed E-state index contributed by atoms with van der Waals surface area (Å²) in [6.45, 7) is 1.10. The SMILES string of the molecule is O=C1NCC(c2nc(CC3COc4ccccc43)no2)c2ccccc21. The summed E-state index contributed by atoms with van der Waals surface area (Å²) in [6.07, 6.45) is 0.668. The van der Waals surface area contributed by atoms with Crippen LogP contribution in [-0.2, 0) is 6.42 Å². The van der Waals surface area contributed by atoms with E-state index in [-0.39, 0.29) is 17.7 Å². The fourth-order valence-electron chi connectivity index (χ4n) is 3.74. The highest BCUT2D eigenvalue weighted by molar-refractivity contribution is 5.97. The van der Waals surface area contributed by atoms with Gasteiger partial charge in [0, 0.05) is 30.0 Å². The van der Waals surface area contributed by atoms with E-state index in [2.05, 4.69) is 21.5 Å². The molecule has 5 rings (SSSR count). The van der Waals surface area contributed by atoms with E-state index in [4.69, 9.17) is 9.26 Å². The molecule has 1 amide bonds. The molecule has 0 aliphatic carbocycles. The molecule has 3 aromatic rings. The van der Waals surface area contributed by atoms with E-state index >= 15 is 0 Å². The summed E-state index contributed by atoms with van der Waals surface area (Å²) in [6, 6.07) is 15.6. The first-order valence-corrected chi connectivity index (χ1v) is 8.71. The highest BCUT2D eigenvalue weighted by Crippen LogP contribution is 2.35. The zero-order chi connectivity index (χ0) is 17.5. The lowest BCUT2D eigenvalue weighted by Crippen LogP contribution is -2.35. The van der Waals surface area contributed by atoms with Crippen molar-refractivity contribution in [3.05, 3.63) is 76.9 Å². The van der Waals surface area contributed by atoms with E-state index in [9.17, 15) is 4.79 Å². The number of hydrogen-bond donors (Lipinski definition) is 1. The van der Waals surface area contributed by atoms with Crippen molar-refractivity contribution < 1.29 is 14.1 Å². The van der Waals surface area contributed by atoms with Gasteiger partial charge in [-0.15, -0.1) is 0 Å². The summed E-state index contributed by atoms with van der Waals surface area (Å²) in [5, 5.41) is 7.06. The number of carbonyl (C=O) groups excluding carboxylic acids is 1. The van der Waals surface area contributed by atoms with Crippen molar-refractivity contribution in [1.29, 1.82) is 0 Å². The molecule has 2 aliphatic rings. The first-order valence-electron chi connectivity index (χ1n) is 8.71. The van der Waals surface area contributed by atoms with Crippen LogP contribution in [0.1, 0.15) is 45.0 Å². The molecular weight excluding hydrogens is 330 g/mol. The molecule has 2 atom stereocenters. The molecule has 2 aliphatic heterocycles. The van der Waals surface area contributed by atoms with Gasteiger partial charge in [-0.1, -0.05) is 41.6 Å². The number of benzene rings is 2. The van der Waals surface area contributed by atoms with E-state index in [0.717, 1.165) is 11.3 Å². The van der Waals surface area contributed by atoms with Crippen molar-refractivity contribution in [2.75, 3.05) is 13.2 Å². The predicted octanol–water partition coefficient (Wildman–Crippen LogP) is 2.66. The Balaban J connectivity index is 1.40. The zero-order valence-electron chi connectivity index (χ0n) is 14.0.